The number of nitrogens with zero attached hydrogens (tertiary/aromatic N) is 4. The summed E-state index contributed by atoms with van der Waals surface area (Å²) in [5.41, 5.74) is 10.8. The number of piperidine rings is 1. The zero-order valence-corrected chi connectivity index (χ0v) is 15.3. The van der Waals surface area contributed by atoms with Gasteiger partial charge in [0.25, 0.3) is 0 Å². The van der Waals surface area contributed by atoms with Gasteiger partial charge in [0.1, 0.15) is 6.17 Å². The van der Waals surface area contributed by atoms with Crippen LogP contribution in [0, 0.1) is 13.5 Å². The van der Waals surface area contributed by atoms with Crippen molar-refractivity contribution in [2.75, 3.05) is 18.0 Å². The number of imidazole rings is 1. The van der Waals surface area contributed by atoms with Gasteiger partial charge in [0.2, 0.25) is 5.95 Å². The molecule has 1 aliphatic rings. The smallest absolute Gasteiger partial charge is 0.206 e. The number of hydrogen-bond donors (Lipinski definition) is 1. The van der Waals surface area contributed by atoms with E-state index in [1.807, 2.05) is 36.4 Å². The highest BCUT2D eigenvalue weighted by Gasteiger charge is 2.29. The lowest BCUT2D eigenvalue weighted by atomic mass is 10.1. The third-order valence-corrected chi connectivity index (χ3v) is 5.14. The fraction of sp³-hybridized carbons (Fsp3) is 0.333. The third kappa shape index (κ3) is 3.38. The number of aryl methyl sites for hydroxylation is 1. The molecular formula is C21H22FN5. The molecule has 2 atom stereocenters. The minimum atomic E-state index is -0.956. The largest absolute Gasteiger partial charge is 0.340 e. The Bertz CT molecular complexity index is 1000. The van der Waals surface area contributed by atoms with E-state index in [1.54, 1.807) is 0 Å². The molecule has 0 aliphatic carbocycles. The zero-order valence-electron chi connectivity index (χ0n) is 15.3. The summed E-state index contributed by atoms with van der Waals surface area (Å²) in [6.45, 7) is 10.9. The van der Waals surface area contributed by atoms with Gasteiger partial charge in [0.15, 0.2) is 5.69 Å². The lowest BCUT2D eigenvalue weighted by Crippen LogP contribution is -2.50. The first-order valence-electron chi connectivity index (χ1n) is 9.13. The predicted molar refractivity (Wildman–Crippen MR) is 106 cm³/mol. The molecule has 0 saturated carbocycles. The van der Waals surface area contributed by atoms with Crippen LogP contribution in [-0.4, -0.2) is 34.9 Å². The first kappa shape index (κ1) is 17.5. The van der Waals surface area contributed by atoms with E-state index in [0.29, 0.717) is 31.7 Å². The molecule has 0 unspecified atom stereocenters. The van der Waals surface area contributed by atoms with E-state index in [-0.39, 0.29) is 0 Å². The van der Waals surface area contributed by atoms with Crippen LogP contribution in [-0.2, 0) is 6.54 Å². The monoisotopic (exact) mass is 363 g/mol. The summed E-state index contributed by atoms with van der Waals surface area (Å²) in [4.78, 5) is 10.4. The molecule has 3 aromatic rings. The predicted octanol–water partition coefficient (Wildman–Crippen LogP) is 3.82. The Morgan fingerprint density at radius 2 is 2.04 bits per heavy atom. The SMILES string of the molecule is [C-]#[N+]c1ccc(Cn2c(N3CC[C@H](F)[C@H](N)C3)nc3ccc(C)cc32)cc1. The summed E-state index contributed by atoms with van der Waals surface area (Å²) in [6.07, 6.45) is -0.536. The van der Waals surface area contributed by atoms with Crippen LogP contribution in [0.15, 0.2) is 42.5 Å². The Kier molecular flexibility index (Phi) is 4.54. The fourth-order valence-corrected chi connectivity index (χ4v) is 3.61. The van der Waals surface area contributed by atoms with Gasteiger partial charge in [-0.15, -0.1) is 0 Å². The second-order valence-electron chi connectivity index (χ2n) is 7.18. The molecule has 0 radical (unpaired) electrons. The Morgan fingerprint density at radius 1 is 1.26 bits per heavy atom. The summed E-state index contributed by atoms with van der Waals surface area (Å²) in [7, 11) is 0. The van der Waals surface area contributed by atoms with Gasteiger partial charge in [-0.3, -0.25) is 0 Å². The molecule has 138 valence electrons. The van der Waals surface area contributed by atoms with Gasteiger partial charge in [-0.25, -0.2) is 14.2 Å². The second kappa shape index (κ2) is 7.01. The summed E-state index contributed by atoms with van der Waals surface area (Å²) < 4.78 is 16.0. The van der Waals surface area contributed by atoms with E-state index in [1.165, 1.54) is 0 Å². The van der Waals surface area contributed by atoms with E-state index >= 15 is 0 Å². The number of rotatable bonds is 3. The van der Waals surface area contributed by atoms with Crippen LogP contribution in [0.2, 0.25) is 0 Å². The number of anilines is 1. The quantitative estimate of drug-likeness (QED) is 0.720. The topological polar surface area (TPSA) is 51.4 Å². The Hall–Kier alpha value is -2.91. The van der Waals surface area contributed by atoms with Crippen molar-refractivity contribution in [3.8, 4) is 0 Å². The van der Waals surface area contributed by atoms with Crippen LogP contribution in [0.25, 0.3) is 15.9 Å². The molecule has 5 nitrogen and oxygen atoms in total. The number of nitrogens with two attached hydrogens (primary N) is 1. The van der Waals surface area contributed by atoms with Crippen molar-refractivity contribution in [1.82, 2.24) is 9.55 Å². The summed E-state index contributed by atoms with van der Waals surface area (Å²) in [5.74, 6) is 0.826. The first-order valence-corrected chi connectivity index (χ1v) is 9.13. The summed E-state index contributed by atoms with van der Waals surface area (Å²) in [5, 5.41) is 0. The van der Waals surface area contributed by atoms with Crippen LogP contribution in [0.1, 0.15) is 17.5 Å². The molecule has 2 aromatic carbocycles. The highest BCUT2D eigenvalue weighted by Crippen LogP contribution is 2.28. The van der Waals surface area contributed by atoms with Crippen molar-refractivity contribution in [3.63, 3.8) is 0 Å². The van der Waals surface area contributed by atoms with Crippen molar-refractivity contribution in [1.29, 1.82) is 0 Å². The van der Waals surface area contributed by atoms with Crippen LogP contribution < -0.4 is 10.6 Å². The van der Waals surface area contributed by atoms with E-state index in [2.05, 4.69) is 27.3 Å². The molecule has 4 rings (SSSR count). The number of fused-ring (bicyclic) bond motifs is 1. The molecule has 2 heterocycles. The number of halogens is 1. The van der Waals surface area contributed by atoms with Crippen LogP contribution in [0.4, 0.5) is 16.0 Å². The average molecular weight is 363 g/mol. The van der Waals surface area contributed by atoms with Gasteiger partial charge in [0.05, 0.1) is 30.2 Å². The van der Waals surface area contributed by atoms with Crippen molar-refractivity contribution >= 4 is 22.7 Å². The van der Waals surface area contributed by atoms with Crippen molar-refractivity contribution in [3.05, 3.63) is 65.0 Å². The average Bonchev–Trinajstić information content (AvgIpc) is 3.02. The van der Waals surface area contributed by atoms with Gasteiger partial charge in [-0.05, 0) is 36.6 Å². The van der Waals surface area contributed by atoms with Gasteiger partial charge in [-0.2, -0.15) is 0 Å². The van der Waals surface area contributed by atoms with Gasteiger partial charge in [0, 0.05) is 13.1 Å². The van der Waals surface area contributed by atoms with Crippen LogP contribution in [0.5, 0.6) is 0 Å². The molecule has 0 bridgehead atoms. The standard InChI is InChI=1S/C21H22FN5/c1-14-3-8-19-20(11-14)27(12-15-4-6-16(24-2)7-5-15)21(25-19)26-10-9-17(22)18(23)13-26/h3-8,11,17-18H,9-10,12-13,23H2,1H3/t17-,18+/m0/s1. The maximum absolute atomic E-state index is 13.8. The number of aromatic nitrogens is 2. The number of hydrogen-bond acceptors (Lipinski definition) is 3. The Labute approximate surface area is 158 Å². The van der Waals surface area contributed by atoms with Crippen molar-refractivity contribution in [2.45, 2.75) is 32.1 Å². The maximum atomic E-state index is 13.8. The molecule has 0 amide bonds. The summed E-state index contributed by atoms with van der Waals surface area (Å²) >= 11 is 0. The molecule has 1 aromatic heterocycles. The third-order valence-electron chi connectivity index (χ3n) is 5.14. The lowest BCUT2D eigenvalue weighted by molar-refractivity contribution is 0.243. The minimum Gasteiger partial charge on any atom is -0.340 e. The molecule has 1 aliphatic heterocycles. The second-order valence-corrected chi connectivity index (χ2v) is 7.18. The number of benzene rings is 2. The van der Waals surface area contributed by atoms with Crippen LogP contribution in [0.3, 0.4) is 0 Å². The molecule has 0 spiro atoms. The van der Waals surface area contributed by atoms with Gasteiger partial charge >= 0.3 is 0 Å². The maximum Gasteiger partial charge on any atom is 0.206 e. The lowest BCUT2D eigenvalue weighted by Gasteiger charge is -2.34. The van der Waals surface area contributed by atoms with Gasteiger partial charge in [-0.1, -0.05) is 30.3 Å². The summed E-state index contributed by atoms with van der Waals surface area (Å²) in [6, 6.07) is 13.3. The van der Waals surface area contributed by atoms with Crippen molar-refractivity contribution in [2.24, 2.45) is 5.73 Å². The van der Waals surface area contributed by atoms with E-state index < -0.39 is 12.2 Å². The molecule has 27 heavy (non-hydrogen) atoms. The first-order chi connectivity index (χ1) is 13.0. The molecule has 2 N–H and O–H groups in total. The van der Waals surface area contributed by atoms with E-state index in [0.717, 1.165) is 28.1 Å². The van der Waals surface area contributed by atoms with E-state index in [9.17, 15) is 4.39 Å². The highest BCUT2D eigenvalue weighted by molar-refractivity contribution is 5.80. The van der Waals surface area contributed by atoms with Crippen molar-refractivity contribution < 1.29 is 4.39 Å². The van der Waals surface area contributed by atoms with E-state index in [4.69, 9.17) is 17.3 Å². The molecule has 1 saturated heterocycles. The Morgan fingerprint density at radius 3 is 2.74 bits per heavy atom. The number of alkyl halides is 1. The van der Waals surface area contributed by atoms with Gasteiger partial charge < -0.3 is 15.2 Å². The zero-order chi connectivity index (χ0) is 19.0. The molecule has 6 heteroatoms. The molecule has 1 fully saturated rings. The Balaban J connectivity index is 1.76. The fourth-order valence-electron chi connectivity index (χ4n) is 3.61. The minimum absolute atomic E-state index is 0.420. The van der Waals surface area contributed by atoms with Crippen LogP contribution >= 0.6 is 0 Å². The molecular weight excluding hydrogens is 341 g/mol. The highest BCUT2D eigenvalue weighted by atomic mass is 19.1. The normalized spacial score (nSPS) is 20.0.